The van der Waals surface area contributed by atoms with Gasteiger partial charge in [-0.1, -0.05) is 18.2 Å². The predicted molar refractivity (Wildman–Crippen MR) is 102 cm³/mol. The van der Waals surface area contributed by atoms with Crippen LogP contribution in [-0.4, -0.2) is 27.2 Å². The third kappa shape index (κ3) is 5.31. The minimum Gasteiger partial charge on any atom is -0.390 e. The topological polar surface area (TPSA) is 80.3 Å². The van der Waals surface area contributed by atoms with E-state index in [1.54, 1.807) is 0 Å². The summed E-state index contributed by atoms with van der Waals surface area (Å²) >= 11 is 0. The van der Waals surface area contributed by atoms with E-state index in [0.29, 0.717) is 6.04 Å². The van der Waals surface area contributed by atoms with Crippen LogP contribution in [0.4, 0.5) is 0 Å². The highest BCUT2D eigenvalue weighted by molar-refractivity contribution is 5.87. The SMILES string of the molecule is Cc1c(CN[C@H](C)CCCC(C)(C)O)c2ccccc2n1CC(N)=O. The molecule has 25 heavy (non-hydrogen) atoms. The van der Waals surface area contributed by atoms with Crippen molar-refractivity contribution in [2.24, 2.45) is 5.73 Å². The van der Waals surface area contributed by atoms with Crippen LogP contribution in [0, 0.1) is 6.92 Å². The van der Waals surface area contributed by atoms with Crippen molar-refractivity contribution in [3.8, 4) is 0 Å². The number of nitrogens with two attached hydrogens (primary N) is 1. The smallest absolute Gasteiger partial charge is 0.237 e. The lowest BCUT2D eigenvalue weighted by Crippen LogP contribution is -2.27. The lowest BCUT2D eigenvalue weighted by Gasteiger charge is -2.19. The fraction of sp³-hybridized carbons (Fsp3) is 0.550. The van der Waals surface area contributed by atoms with Crippen LogP contribution in [0.1, 0.15) is 51.3 Å². The molecule has 0 fully saturated rings. The number of hydrogen-bond acceptors (Lipinski definition) is 3. The van der Waals surface area contributed by atoms with Gasteiger partial charge in [-0.15, -0.1) is 0 Å². The predicted octanol–water partition coefficient (Wildman–Crippen LogP) is 2.85. The first-order valence-electron chi connectivity index (χ1n) is 9.00. The Balaban J connectivity index is 2.08. The normalized spacial score (nSPS) is 13.3. The number of benzene rings is 1. The monoisotopic (exact) mass is 345 g/mol. The summed E-state index contributed by atoms with van der Waals surface area (Å²) in [7, 11) is 0. The molecular weight excluding hydrogens is 314 g/mol. The minimum absolute atomic E-state index is 0.202. The molecule has 0 bridgehead atoms. The van der Waals surface area contributed by atoms with Crippen molar-refractivity contribution in [2.45, 2.75) is 71.7 Å². The van der Waals surface area contributed by atoms with E-state index in [0.717, 1.165) is 42.4 Å². The lowest BCUT2D eigenvalue weighted by atomic mass is 9.99. The van der Waals surface area contributed by atoms with E-state index in [9.17, 15) is 9.90 Å². The van der Waals surface area contributed by atoms with Gasteiger partial charge in [-0.3, -0.25) is 4.79 Å². The first kappa shape index (κ1) is 19.5. The molecule has 2 rings (SSSR count). The zero-order valence-corrected chi connectivity index (χ0v) is 15.8. The van der Waals surface area contributed by atoms with E-state index in [4.69, 9.17) is 5.73 Å². The van der Waals surface area contributed by atoms with Gasteiger partial charge < -0.3 is 20.7 Å². The van der Waals surface area contributed by atoms with E-state index in [1.165, 1.54) is 5.56 Å². The van der Waals surface area contributed by atoms with E-state index < -0.39 is 5.60 Å². The average Bonchev–Trinajstić information content (AvgIpc) is 2.76. The Morgan fingerprint density at radius 1 is 1.36 bits per heavy atom. The number of nitrogens with zero attached hydrogens (tertiary/aromatic N) is 1. The first-order chi connectivity index (χ1) is 11.7. The van der Waals surface area contributed by atoms with Gasteiger partial charge in [0.15, 0.2) is 0 Å². The molecule has 5 heteroatoms. The van der Waals surface area contributed by atoms with Gasteiger partial charge >= 0.3 is 0 Å². The molecule has 0 spiro atoms. The summed E-state index contributed by atoms with van der Waals surface area (Å²) in [5, 5.41) is 14.5. The third-order valence-electron chi connectivity index (χ3n) is 4.73. The van der Waals surface area contributed by atoms with Gasteiger partial charge in [-0.05, 0) is 58.6 Å². The van der Waals surface area contributed by atoms with Crippen molar-refractivity contribution < 1.29 is 9.90 Å². The number of primary amides is 1. The van der Waals surface area contributed by atoms with Gasteiger partial charge in [0.25, 0.3) is 0 Å². The Morgan fingerprint density at radius 3 is 2.68 bits per heavy atom. The molecule has 1 amide bonds. The summed E-state index contributed by atoms with van der Waals surface area (Å²) < 4.78 is 1.99. The first-order valence-corrected chi connectivity index (χ1v) is 9.00. The number of hydrogen-bond donors (Lipinski definition) is 3. The molecule has 0 aliphatic rings. The van der Waals surface area contributed by atoms with Crippen LogP contribution in [0.5, 0.6) is 0 Å². The number of carbonyl (C=O) groups excluding carboxylic acids is 1. The van der Waals surface area contributed by atoms with Gasteiger partial charge in [-0.25, -0.2) is 0 Å². The summed E-state index contributed by atoms with van der Waals surface area (Å²) in [6.45, 7) is 8.86. The van der Waals surface area contributed by atoms with E-state index in [1.807, 2.05) is 43.5 Å². The number of amides is 1. The molecule has 4 N–H and O–H groups in total. The molecule has 138 valence electrons. The molecule has 0 aliphatic heterocycles. The van der Waals surface area contributed by atoms with Gasteiger partial charge in [0.1, 0.15) is 6.54 Å². The number of para-hydroxylation sites is 1. The summed E-state index contributed by atoms with van der Waals surface area (Å²) in [5.41, 5.74) is 8.15. The highest BCUT2D eigenvalue weighted by atomic mass is 16.3. The molecule has 5 nitrogen and oxygen atoms in total. The Labute approximate surface area is 150 Å². The minimum atomic E-state index is -0.599. The van der Waals surface area contributed by atoms with Crippen LogP contribution < -0.4 is 11.1 Å². The van der Waals surface area contributed by atoms with Crippen LogP contribution in [0.15, 0.2) is 24.3 Å². The van der Waals surface area contributed by atoms with Crippen LogP contribution in [0.3, 0.4) is 0 Å². The van der Waals surface area contributed by atoms with Crippen LogP contribution >= 0.6 is 0 Å². The fourth-order valence-electron chi connectivity index (χ4n) is 3.30. The zero-order chi connectivity index (χ0) is 18.6. The second-order valence-electron chi connectivity index (χ2n) is 7.62. The van der Waals surface area contributed by atoms with Crippen molar-refractivity contribution in [1.29, 1.82) is 0 Å². The zero-order valence-electron chi connectivity index (χ0n) is 15.8. The van der Waals surface area contributed by atoms with Crippen molar-refractivity contribution in [3.63, 3.8) is 0 Å². The van der Waals surface area contributed by atoms with Gasteiger partial charge in [-0.2, -0.15) is 0 Å². The Bertz CT molecular complexity index is 728. The third-order valence-corrected chi connectivity index (χ3v) is 4.73. The molecule has 0 saturated heterocycles. The summed E-state index contributed by atoms with van der Waals surface area (Å²) in [6.07, 6.45) is 2.80. The summed E-state index contributed by atoms with van der Waals surface area (Å²) in [5.74, 6) is -0.330. The van der Waals surface area contributed by atoms with Gasteiger partial charge in [0, 0.05) is 29.2 Å². The van der Waals surface area contributed by atoms with E-state index in [-0.39, 0.29) is 12.5 Å². The largest absolute Gasteiger partial charge is 0.390 e. The molecule has 1 atom stereocenters. The molecule has 1 aromatic heterocycles. The number of rotatable bonds is 9. The highest BCUT2D eigenvalue weighted by Gasteiger charge is 2.16. The average molecular weight is 345 g/mol. The molecule has 1 aromatic carbocycles. The molecule has 0 radical (unpaired) electrons. The quantitative estimate of drug-likeness (QED) is 0.654. The summed E-state index contributed by atoms with van der Waals surface area (Å²) in [4.78, 5) is 11.4. The molecule has 2 aromatic rings. The highest BCUT2D eigenvalue weighted by Crippen LogP contribution is 2.26. The van der Waals surface area contributed by atoms with Crippen LogP contribution in [-0.2, 0) is 17.9 Å². The van der Waals surface area contributed by atoms with Crippen molar-refractivity contribution in [3.05, 3.63) is 35.5 Å². The Morgan fingerprint density at radius 2 is 2.04 bits per heavy atom. The molecule has 1 heterocycles. The van der Waals surface area contributed by atoms with Crippen molar-refractivity contribution >= 4 is 16.8 Å². The van der Waals surface area contributed by atoms with Gasteiger partial charge in [0.2, 0.25) is 5.91 Å². The van der Waals surface area contributed by atoms with Crippen LogP contribution in [0.25, 0.3) is 10.9 Å². The molecular formula is C20H31N3O2. The Hall–Kier alpha value is -1.85. The molecule has 0 aliphatic carbocycles. The number of aliphatic hydroxyl groups is 1. The number of carbonyl (C=O) groups is 1. The maximum absolute atomic E-state index is 11.4. The standard InChI is InChI=1S/C20H31N3O2/c1-14(8-7-11-20(3,4)25)22-12-17-15(2)23(13-19(21)24)18-10-6-5-9-16(17)18/h5-6,9-10,14,22,25H,7-8,11-13H2,1-4H3,(H2,21,24)/t14-/m1/s1. The van der Waals surface area contributed by atoms with E-state index >= 15 is 0 Å². The number of aromatic nitrogens is 1. The van der Waals surface area contributed by atoms with Crippen molar-refractivity contribution in [1.82, 2.24) is 9.88 Å². The fourth-order valence-corrected chi connectivity index (χ4v) is 3.30. The lowest BCUT2D eigenvalue weighted by molar-refractivity contribution is -0.118. The maximum Gasteiger partial charge on any atom is 0.237 e. The van der Waals surface area contributed by atoms with E-state index in [2.05, 4.69) is 18.3 Å². The van der Waals surface area contributed by atoms with Gasteiger partial charge in [0.05, 0.1) is 5.60 Å². The van der Waals surface area contributed by atoms with Crippen LogP contribution in [0.2, 0.25) is 0 Å². The number of fused-ring (bicyclic) bond motifs is 1. The number of nitrogens with one attached hydrogen (secondary N) is 1. The summed E-state index contributed by atoms with van der Waals surface area (Å²) in [6, 6.07) is 8.49. The maximum atomic E-state index is 11.4. The van der Waals surface area contributed by atoms with Crippen molar-refractivity contribution in [2.75, 3.05) is 0 Å². The Kier molecular flexibility index (Phi) is 6.25. The second-order valence-corrected chi connectivity index (χ2v) is 7.62. The molecule has 0 unspecified atom stereocenters. The second kappa shape index (κ2) is 8.02. The molecule has 0 saturated carbocycles.